The molecule has 90 valence electrons. The summed E-state index contributed by atoms with van der Waals surface area (Å²) in [6.45, 7) is 6.40. The molecule has 0 amide bonds. The third kappa shape index (κ3) is 4.73. The first-order valence-electron chi connectivity index (χ1n) is 5.80. The Morgan fingerprint density at radius 2 is 2.19 bits per heavy atom. The van der Waals surface area contributed by atoms with Crippen molar-refractivity contribution in [2.24, 2.45) is 0 Å². The molecule has 0 saturated heterocycles. The molecule has 0 heterocycles. The standard InChI is InChI=1S/C13H20FNO/c1-3-8-16-9-7-15-11(2)12-5-4-6-13(14)10-12/h4-6,10-11,15H,3,7-9H2,1-2H3/t11-/m0/s1. The molecule has 1 atom stereocenters. The molecule has 1 aromatic carbocycles. The molecule has 1 rings (SSSR count). The number of hydrogen-bond donors (Lipinski definition) is 1. The van der Waals surface area contributed by atoms with Crippen LogP contribution in [0, 0.1) is 5.82 Å². The van der Waals surface area contributed by atoms with Crippen molar-refractivity contribution in [3.63, 3.8) is 0 Å². The average molecular weight is 225 g/mol. The first kappa shape index (κ1) is 13.1. The summed E-state index contributed by atoms with van der Waals surface area (Å²) in [6.07, 6.45) is 1.04. The van der Waals surface area contributed by atoms with Crippen LogP contribution in [-0.2, 0) is 4.74 Å². The molecule has 0 aromatic heterocycles. The average Bonchev–Trinajstić information content (AvgIpc) is 2.28. The molecule has 0 radical (unpaired) electrons. The summed E-state index contributed by atoms with van der Waals surface area (Å²) in [5, 5.41) is 3.29. The lowest BCUT2D eigenvalue weighted by molar-refractivity contribution is 0.135. The van der Waals surface area contributed by atoms with Gasteiger partial charge in [0, 0.05) is 19.2 Å². The zero-order valence-corrected chi connectivity index (χ0v) is 10.0. The van der Waals surface area contributed by atoms with Gasteiger partial charge in [-0.1, -0.05) is 19.1 Å². The molecule has 0 spiro atoms. The van der Waals surface area contributed by atoms with Crippen LogP contribution in [0.3, 0.4) is 0 Å². The van der Waals surface area contributed by atoms with Crippen LogP contribution in [0.25, 0.3) is 0 Å². The third-order valence-corrected chi connectivity index (χ3v) is 2.39. The molecule has 1 aromatic rings. The van der Waals surface area contributed by atoms with E-state index in [0.717, 1.165) is 25.1 Å². The summed E-state index contributed by atoms with van der Waals surface area (Å²) in [5.74, 6) is -0.187. The maximum Gasteiger partial charge on any atom is 0.123 e. The van der Waals surface area contributed by atoms with E-state index in [-0.39, 0.29) is 11.9 Å². The van der Waals surface area contributed by atoms with Gasteiger partial charge in [0.25, 0.3) is 0 Å². The van der Waals surface area contributed by atoms with Crippen LogP contribution >= 0.6 is 0 Å². The predicted octanol–water partition coefficient (Wildman–Crippen LogP) is 2.90. The molecule has 0 aliphatic carbocycles. The number of nitrogens with one attached hydrogen (secondary N) is 1. The zero-order chi connectivity index (χ0) is 11.8. The van der Waals surface area contributed by atoms with Crippen molar-refractivity contribution in [1.82, 2.24) is 5.32 Å². The molecule has 0 aliphatic heterocycles. The normalized spacial score (nSPS) is 12.7. The van der Waals surface area contributed by atoms with Crippen LogP contribution in [0.2, 0.25) is 0 Å². The molecule has 1 N–H and O–H groups in total. The van der Waals surface area contributed by atoms with Crippen LogP contribution < -0.4 is 5.32 Å². The maximum atomic E-state index is 13.0. The molecular weight excluding hydrogens is 205 g/mol. The molecule has 0 aliphatic rings. The molecular formula is C13H20FNO. The Labute approximate surface area is 96.8 Å². The monoisotopic (exact) mass is 225 g/mol. The molecule has 0 unspecified atom stereocenters. The summed E-state index contributed by atoms with van der Waals surface area (Å²) in [4.78, 5) is 0. The highest BCUT2D eigenvalue weighted by atomic mass is 19.1. The Morgan fingerprint density at radius 3 is 2.88 bits per heavy atom. The predicted molar refractivity (Wildman–Crippen MR) is 63.9 cm³/mol. The topological polar surface area (TPSA) is 21.3 Å². The van der Waals surface area contributed by atoms with Crippen LogP contribution in [0.15, 0.2) is 24.3 Å². The van der Waals surface area contributed by atoms with E-state index in [1.165, 1.54) is 6.07 Å². The lowest BCUT2D eigenvalue weighted by Crippen LogP contribution is -2.23. The van der Waals surface area contributed by atoms with Gasteiger partial charge >= 0.3 is 0 Å². The van der Waals surface area contributed by atoms with Gasteiger partial charge in [-0.05, 0) is 31.0 Å². The summed E-state index contributed by atoms with van der Waals surface area (Å²) >= 11 is 0. The van der Waals surface area contributed by atoms with Crippen molar-refractivity contribution < 1.29 is 9.13 Å². The SMILES string of the molecule is CCCOCCN[C@@H](C)c1cccc(F)c1. The van der Waals surface area contributed by atoms with Gasteiger partial charge in [0.15, 0.2) is 0 Å². The highest BCUT2D eigenvalue weighted by Crippen LogP contribution is 2.12. The summed E-state index contributed by atoms with van der Waals surface area (Å²) < 4.78 is 18.3. The second kappa shape index (κ2) is 7.36. The fourth-order valence-corrected chi connectivity index (χ4v) is 1.49. The van der Waals surface area contributed by atoms with E-state index in [1.807, 2.05) is 13.0 Å². The van der Waals surface area contributed by atoms with E-state index in [9.17, 15) is 4.39 Å². The maximum absolute atomic E-state index is 13.0. The number of benzene rings is 1. The number of rotatable bonds is 7. The van der Waals surface area contributed by atoms with E-state index >= 15 is 0 Å². The minimum absolute atomic E-state index is 0.154. The van der Waals surface area contributed by atoms with Crippen molar-refractivity contribution in [1.29, 1.82) is 0 Å². The minimum atomic E-state index is -0.187. The second-order valence-electron chi connectivity index (χ2n) is 3.84. The first-order chi connectivity index (χ1) is 7.74. The van der Waals surface area contributed by atoms with Crippen molar-refractivity contribution >= 4 is 0 Å². The van der Waals surface area contributed by atoms with Crippen molar-refractivity contribution in [2.75, 3.05) is 19.8 Å². The fourth-order valence-electron chi connectivity index (χ4n) is 1.49. The van der Waals surface area contributed by atoms with Crippen LogP contribution in [0.1, 0.15) is 31.9 Å². The van der Waals surface area contributed by atoms with Gasteiger partial charge in [-0.3, -0.25) is 0 Å². The first-order valence-corrected chi connectivity index (χ1v) is 5.80. The van der Waals surface area contributed by atoms with Crippen LogP contribution in [0.5, 0.6) is 0 Å². The highest BCUT2D eigenvalue weighted by Gasteiger charge is 2.04. The molecule has 0 fully saturated rings. The van der Waals surface area contributed by atoms with Crippen molar-refractivity contribution in [3.8, 4) is 0 Å². The molecule has 2 nitrogen and oxygen atoms in total. The third-order valence-electron chi connectivity index (χ3n) is 2.39. The molecule has 3 heteroatoms. The van der Waals surface area contributed by atoms with E-state index in [1.54, 1.807) is 12.1 Å². The summed E-state index contributed by atoms with van der Waals surface area (Å²) in [6, 6.07) is 6.83. The number of ether oxygens (including phenoxy) is 1. The zero-order valence-electron chi connectivity index (χ0n) is 10.0. The lowest BCUT2D eigenvalue weighted by atomic mass is 10.1. The second-order valence-corrected chi connectivity index (χ2v) is 3.84. The van der Waals surface area contributed by atoms with E-state index in [2.05, 4.69) is 12.2 Å². The quantitative estimate of drug-likeness (QED) is 0.720. The Balaban J connectivity index is 2.27. The molecule has 0 bridgehead atoms. The van der Waals surface area contributed by atoms with E-state index in [0.29, 0.717) is 6.61 Å². The summed E-state index contributed by atoms with van der Waals surface area (Å²) in [5.41, 5.74) is 0.968. The van der Waals surface area contributed by atoms with Crippen molar-refractivity contribution in [2.45, 2.75) is 26.3 Å². The Bertz CT molecular complexity index is 304. The van der Waals surface area contributed by atoms with E-state index < -0.39 is 0 Å². The van der Waals surface area contributed by atoms with Crippen molar-refractivity contribution in [3.05, 3.63) is 35.6 Å². The van der Waals surface area contributed by atoms with Gasteiger partial charge in [0.05, 0.1) is 6.61 Å². The van der Waals surface area contributed by atoms with Gasteiger partial charge in [-0.15, -0.1) is 0 Å². The highest BCUT2D eigenvalue weighted by molar-refractivity contribution is 5.19. The van der Waals surface area contributed by atoms with Crippen LogP contribution in [-0.4, -0.2) is 19.8 Å². The smallest absolute Gasteiger partial charge is 0.123 e. The number of halogens is 1. The van der Waals surface area contributed by atoms with Gasteiger partial charge in [0.1, 0.15) is 5.82 Å². The fraction of sp³-hybridized carbons (Fsp3) is 0.538. The Morgan fingerprint density at radius 1 is 1.38 bits per heavy atom. The Kier molecular flexibility index (Phi) is 6.04. The largest absolute Gasteiger partial charge is 0.380 e. The van der Waals surface area contributed by atoms with Gasteiger partial charge in [-0.25, -0.2) is 4.39 Å². The van der Waals surface area contributed by atoms with Crippen LogP contribution in [0.4, 0.5) is 4.39 Å². The number of hydrogen-bond acceptors (Lipinski definition) is 2. The van der Waals surface area contributed by atoms with Gasteiger partial charge < -0.3 is 10.1 Å². The van der Waals surface area contributed by atoms with E-state index in [4.69, 9.17) is 4.74 Å². The van der Waals surface area contributed by atoms with Gasteiger partial charge in [0.2, 0.25) is 0 Å². The molecule has 0 saturated carbocycles. The lowest BCUT2D eigenvalue weighted by Gasteiger charge is -2.14. The summed E-state index contributed by atoms with van der Waals surface area (Å²) in [7, 11) is 0. The molecule has 16 heavy (non-hydrogen) atoms. The minimum Gasteiger partial charge on any atom is -0.380 e. The Hall–Kier alpha value is -0.930. The van der Waals surface area contributed by atoms with Gasteiger partial charge in [-0.2, -0.15) is 0 Å².